The molecule has 17 heavy (non-hydrogen) atoms. The number of alkyl halides is 2. The van der Waals surface area contributed by atoms with Gasteiger partial charge in [0.25, 0.3) is 0 Å². The van der Waals surface area contributed by atoms with Crippen LogP contribution in [-0.4, -0.2) is 22.9 Å². The molecule has 0 saturated heterocycles. The molecule has 1 atom stereocenters. The van der Waals surface area contributed by atoms with E-state index in [1.165, 1.54) is 19.3 Å². The molecule has 7 heteroatoms. The van der Waals surface area contributed by atoms with Gasteiger partial charge < -0.3 is 4.89 Å². The third kappa shape index (κ3) is 12.9. The number of phosphoric ester groups is 1. The van der Waals surface area contributed by atoms with E-state index in [2.05, 4.69) is 11.4 Å². The number of unbranched alkanes of at least 4 members (excludes halogenated alkanes) is 5. The molecule has 0 aromatic rings. The summed E-state index contributed by atoms with van der Waals surface area (Å²) >= 11 is 10.7. The fourth-order valence-electron chi connectivity index (χ4n) is 1.25. The van der Waals surface area contributed by atoms with Crippen LogP contribution in [0.2, 0.25) is 0 Å². The Kier molecular flexibility index (Phi) is 11.0. The lowest BCUT2D eigenvalue weighted by molar-refractivity contribution is 0.151. The topological polar surface area (TPSA) is 55.8 Å². The average Bonchev–Trinajstić information content (AvgIpc) is 2.25. The van der Waals surface area contributed by atoms with E-state index in [1.54, 1.807) is 0 Å². The maximum atomic E-state index is 11.2. The van der Waals surface area contributed by atoms with E-state index in [-0.39, 0.29) is 13.2 Å². The predicted molar refractivity (Wildman–Crippen MR) is 70.6 cm³/mol. The molecule has 0 rings (SSSR count). The summed E-state index contributed by atoms with van der Waals surface area (Å²) in [5.41, 5.74) is 0. The number of phosphoric acid groups is 1. The van der Waals surface area contributed by atoms with Crippen LogP contribution >= 0.6 is 31.0 Å². The molecule has 0 amide bonds. The number of rotatable bonds is 11. The molecule has 0 spiro atoms. The summed E-state index contributed by atoms with van der Waals surface area (Å²) in [6, 6.07) is 0. The number of hydrogen-bond donors (Lipinski definition) is 1. The highest BCUT2D eigenvalue weighted by Crippen LogP contribution is 2.43. The van der Waals surface area contributed by atoms with Crippen LogP contribution in [0.3, 0.4) is 0 Å². The molecular weight excluding hydrogens is 286 g/mol. The Bertz CT molecular complexity index is 226. The van der Waals surface area contributed by atoms with Crippen molar-refractivity contribution in [2.75, 3.05) is 13.2 Å². The Labute approximate surface area is 113 Å². The van der Waals surface area contributed by atoms with E-state index >= 15 is 0 Å². The standard InChI is InChI=1S/C10H21Cl2O4P/c1-2-3-4-5-6-7-8-15-17(13,14)16-9-10(11)12/h10H,2-9H2,1H3,(H,13,14). The fraction of sp³-hybridized carbons (Fsp3) is 1.00. The lowest BCUT2D eigenvalue weighted by Crippen LogP contribution is -2.03. The molecule has 0 heterocycles. The molecule has 0 aliphatic carbocycles. The van der Waals surface area contributed by atoms with Gasteiger partial charge in [0.2, 0.25) is 0 Å². The number of hydrogen-bond acceptors (Lipinski definition) is 3. The Hall–Kier alpha value is 0.690. The van der Waals surface area contributed by atoms with Crippen LogP contribution in [0.5, 0.6) is 0 Å². The van der Waals surface area contributed by atoms with Crippen molar-refractivity contribution in [2.45, 2.75) is 50.3 Å². The molecule has 0 aromatic carbocycles. The molecule has 0 aromatic heterocycles. The fourth-order valence-corrected chi connectivity index (χ4v) is 2.32. The second kappa shape index (κ2) is 10.6. The van der Waals surface area contributed by atoms with Crippen LogP contribution in [0.1, 0.15) is 45.4 Å². The smallest absolute Gasteiger partial charge is 0.302 e. The van der Waals surface area contributed by atoms with E-state index in [4.69, 9.17) is 27.7 Å². The van der Waals surface area contributed by atoms with Gasteiger partial charge in [0.15, 0.2) is 0 Å². The Morgan fingerprint density at radius 3 is 2.29 bits per heavy atom. The molecular formula is C10H21Cl2O4P. The van der Waals surface area contributed by atoms with Gasteiger partial charge in [0.1, 0.15) is 4.84 Å². The highest BCUT2D eigenvalue weighted by molar-refractivity contribution is 7.47. The molecule has 0 bridgehead atoms. The maximum absolute atomic E-state index is 11.2. The average molecular weight is 307 g/mol. The summed E-state index contributed by atoms with van der Waals surface area (Å²) in [7, 11) is -3.98. The normalized spacial score (nSPS) is 15.1. The van der Waals surface area contributed by atoms with Crippen molar-refractivity contribution in [1.82, 2.24) is 0 Å². The molecule has 0 saturated carbocycles. The molecule has 0 fully saturated rings. The van der Waals surface area contributed by atoms with Crippen LogP contribution in [0.15, 0.2) is 0 Å². The molecule has 0 aliphatic heterocycles. The highest BCUT2D eigenvalue weighted by atomic mass is 35.5. The summed E-state index contributed by atoms with van der Waals surface area (Å²) in [5.74, 6) is 0. The van der Waals surface area contributed by atoms with Crippen LogP contribution in [0, 0.1) is 0 Å². The van der Waals surface area contributed by atoms with Crippen molar-refractivity contribution in [3.05, 3.63) is 0 Å². The second-order valence-electron chi connectivity index (χ2n) is 3.76. The van der Waals surface area contributed by atoms with Gasteiger partial charge in [-0.15, -0.1) is 23.2 Å². The first-order chi connectivity index (χ1) is 7.98. The number of halogens is 2. The summed E-state index contributed by atoms with van der Waals surface area (Å²) < 4.78 is 20.6. The first-order valence-corrected chi connectivity index (χ1v) is 8.25. The van der Waals surface area contributed by atoms with Crippen molar-refractivity contribution in [1.29, 1.82) is 0 Å². The zero-order chi connectivity index (χ0) is 13.1. The zero-order valence-corrected chi connectivity index (χ0v) is 12.5. The minimum absolute atomic E-state index is 0.215. The monoisotopic (exact) mass is 306 g/mol. The molecule has 1 unspecified atom stereocenters. The van der Waals surface area contributed by atoms with Gasteiger partial charge in [0.05, 0.1) is 13.2 Å². The van der Waals surface area contributed by atoms with Crippen LogP contribution < -0.4 is 0 Å². The largest absolute Gasteiger partial charge is 0.472 e. The molecule has 4 nitrogen and oxygen atoms in total. The van der Waals surface area contributed by atoms with E-state index in [0.717, 1.165) is 19.3 Å². The van der Waals surface area contributed by atoms with Crippen LogP contribution in [0.25, 0.3) is 0 Å². The minimum atomic E-state index is -3.98. The second-order valence-corrected chi connectivity index (χ2v) is 6.49. The summed E-state index contributed by atoms with van der Waals surface area (Å²) in [6.07, 6.45) is 6.50. The lowest BCUT2D eigenvalue weighted by atomic mass is 10.1. The van der Waals surface area contributed by atoms with Gasteiger partial charge in [-0.2, -0.15) is 0 Å². The van der Waals surface area contributed by atoms with Gasteiger partial charge in [-0.05, 0) is 6.42 Å². The minimum Gasteiger partial charge on any atom is -0.302 e. The first-order valence-electron chi connectivity index (χ1n) is 5.88. The van der Waals surface area contributed by atoms with E-state index in [9.17, 15) is 9.46 Å². The van der Waals surface area contributed by atoms with E-state index in [1.807, 2.05) is 0 Å². The summed E-state index contributed by atoms with van der Waals surface area (Å²) in [4.78, 5) is 8.37. The highest BCUT2D eigenvalue weighted by Gasteiger charge is 2.21. The lowest BCUT2D eigenvalue weighted by Gasteiger charge is -2.12. The third-order valence-corrected chi connectivity index (χ3v) is 3.35. The SMILES string of the molecule is CCCCCCCCOP(=O)(O)OCC(Cl)Cl. The van der Waals surface area contributed by atoms with Gasteiger partial charge in [-0.3, -0.25) is 9.05 Å². The molecule has 1 N–H and O–H groups in total. The predicted octanol–water partition coefficient (Wildman–Crippen LogP) is 4.28. The van der Waals surface area contributed by atoms with Crippen molar-refractivity contribution >= 4 is 31.0 Å². The summed E-state index contributed by atoms with van der Waals surface area (Å²) in [6.45, 7) is 2.16. The van der Waals surface area contributed by atoms with Crippen molar-refractivity contribution in [2.24, 2.45) is 0 Å². The van der Waals surface area contributed by atoms with Gasteiger partial charge in [-0.25, -0.2) is 4.57 Å². The van der Waals surface area contributed by atoms with Crippen molar-refractivity contribution < 1.29 is 18.5 Å². The quantitative estimate of drug-likeness (QED) is 0.351. The molecule has 0 radical (unpaired) electrons. The van der Waals surface area contributed by atoms with Crippen LogP contribution in [-0.2, 0) is 13.6 Å². The molecule has 104 valence electrons. The summed E-state index contributed by atoms with van der Waals surface area (Å²) in [5, 5.41) is 0. The van der Waals surface area contributed by atoms with Gasteiger partial charge in [-0.1, -0.05) is 39.0 Å². The first kappa shape index (κ1) is 17.7. The van der Waals surface area contributed by atoms with Gasteiger partial charge >= 0.3 is 7.82 Å². The van der Waals surface area contributed by atoms with Crippen molar-refractivity contribution in [3.63, 3.8) is 0 Å². The Morgan fingerprint density at radius 2 is 1.71 bits per heavy atom. The van der Waals surface area contributed by atoms with Crippen LogP contribution in [0.4, 0.5) is 0 Å². The zero-order valence-electron chi connectivity index (χ0n) is 10.1. The Balaban J connectivity index is 3.42. The third-order valence-electron chi connectivity index (χ3n) is 2.12. The van der Waals surface area contributed by atoms with Gasteiger partial charge in [0, 0.05) is 0 Å². The Morgan fingerprint density at radius 1 is 1.12 bits per heavy atom. The maximum Gasteiger partial charge on any atom is 0.472 e. The van der Waals surface area contributed by atoms with Crippen molar-refractivity contribution in [3.8, 4) is 0 Å². The van der Waals surface area contributed by atoms with E-state index in [0.29, 0.717) is 0 Å². The van der Waals surface area contributed by atoms with E-state index < -0.39 is 12.7 Å². The molecule has 0 aliphatic rings.